The average molecular weight is 656 g/mol. The lowest BCUT2D eigenvalue weighted by Gasteiger charge is -2.37. The van der Waals surface area contributed by atoms with Gasteiger partial charge in [-0.05, 0) is 53.6 Å². The summed E-state index contributed by atoms with van der Waals surface area (Å²) < 4.78 is 11.3. The number of carbonyl (C=O) groups is 3. The summed E-state index contributed by atoms with van der Waals surface area (Å²) in [6.45, 7) is 4.60. The fraction of sp³-hybridized carbons (Fsp3) is 0.324. The van der Waals surface area contributed by atoms with Gasteiger partial charge in [-0.2, -0.15) is 0 Å². The number of hydrogen-bond donors (Lipinski definition) is 3. The van der Waals surface area contributed by atoms with Gasteiger partial charge in [0.2, 0.25) is 11.8 Å². The van der Waals surface area contributed by atoms with E-state index in [1.165, 1.54) is 6.26 Å². The third-order valence-corrected chi connectivity index (χ3v) is 8.97. The standard InChI is InChI=1S/C37H38ClN3O6/c1-37(2)19-28-34(31(43)20-37)36(26-14-13-24(18-27(26)38)47-22-23-8-4-3-5-9-23)41(29-11-6-12-30(42)35(29)40-28)33(45)16-15-32(44)39-21-25-10-7-17-46-25/h3-5,7-11,13-14,17-18,36,40,42H,6,12,15-16,19-22H2,1-2H3,(H,39,44). The zero-order valence-electron chi connectivity index (χ0n) is 26.5. The minimum atomic E-state index is -0.898. The number of carbonyl (C=O) groups excluding carboxylic acids is 3. The number of furan rings is 1. The maximum Gasteiger partial charge on any atom is 0.228 e. The fourth-order valence-electron chi connectivity index (χ4n) is 6.42. The quantitative estimate of drug-likeness (QED) is 0.223. The van der Waals surface area contributed by atoms with Crippen LogP contribution in [0.5, 0.6) is 5.75 Å². The van der Waals surface area contributed by atoms with Crippen molar-refractivity contribution in [3.05, 3.63) is 123 Å². The minimum absolute atomic E-state index is 0.0820. The number of fused-ring (bicyclic) bond motifs is 1. The summed E-state index contributed by atoms with van der Waals surface area (Å²) in [7, 11) is 0. The first-order chi connectivity index (χ1) is 22.6. The number of ketones is 1. The zero-order chi connectivity index (χ0) is 33.1. The van der Waals surface area contributed by atoms with E-state index in [4.69, 9.17) is 20.8 Å². The molecule has 0 saturated carbocycles. The predicted octanol–water partition coefficient (Wildman–Crippen LogP) is 7.17. The molecule has 1 atom stereocenters. The summed E-state index contributed by atoms with van der Waals surface area (Å²) in [6, 6.07) is 17.6. The van der Waals surface area contributed by atoms with Crippen LogP contribution in [-0.4, -0.2) is 27.6 Å². The molecule has 1 aliphatic heterocycles. The Morgan fingerprint density at radius 1 is 1.11 bits per heavy atom. The molecule has 1 unspecified atom stereocenters. The van der Waals surface area contributed by atoms with Gasteiger partial charge in [0.1, 0.15) is 29.6 Å². The maximum absolute atomic E-state index is 14.3. The van der Waals surface area contributed by atoms with Gasteiger partial charge in [0.25, 0.3) is 0 Å². The van der Waals surface area contributed by atoms with E-state index in [1.54, 1.807) is 35.2 Å². The molecule has 2 heterocycles. The highest BCUT2D eigenvalue weighted by Crippen LogP contribution is 2.49. The van der Waals surface area contributed by atoms with E-state index in [1.807, 2.05) is 50.3 Å². The van der Waals surface area contributed by atoms with Crippen LogP contribution >= 0.6 is 11.6 Å². The van der Waals surface area contributed by atoms with Crippen LogP contribution in [0.25, 0.3) is 0 Å². The number of amides is 2. The maximum atomic E-state index is 14.3. The van der Waals surface area contributed by atoms with Crippen molar-refractivity contribution in [2.24, 2.45) is 5.41 Å². The number of aliphatic hydroxyl groups excluding tert-OH is 1. The molecule has 0 spiro atoms. The van der Waals surface area contributed by atoms with E-state index in [2.05, 4.69) is 10.6 Å². The summed E-state index contributed by atoms with van der Waals surface area (Å²) in [5.41, 5.74) is 3.14. The largest absolute Gasteiger partial charge is 0.510 e. The molecule has 2 aliphatic carbocycles. The van der Waals surface area contributed by atoms with E-state index in [-0.39, 0.29) is 54.6 Å². The molecule has 2 aromatic carbocycles. The van der Waals surface area contributed by atoms with Crippen molar-refractivity contribution in [2.75, 3.05) is 0 Å². The molecule has 47 heavy (non-hydrogen) atoms. The normalized spacial score (nSPS) is 18.9. The topological polar surface area (TPSA) is 121 Å². The van der Waals surface area contributed by atoms with Gasteiger partial charge in [-0.15, -0.1) is 0 Å². The van der Waals surface area contributed by atoms with Gasteiger partial charge >= 0.3 is 0 Å². The van der Waals surface area contributed by atoms with E-state index >= 15 is 0 Å². The Balaban J connectivity index is 1.37. The number of aliphatic hydroxyl groups is 1. The lowest BCUT2D eigenvalue weighted by atomic mass is 9.73. The van der Waals surface area contributed by atoms with Crippen LogP contribution in [0, 0.1) is 5.41 Å². The second kappa shape index (κ2) is 13.5. The second-order valence-corrected chi connectivity index (χ2v) is 13.3. The van der Waals surface area contributed by atoms with E-state index in [0.717, 1.165) is 5.56 Å². The lowest BCUT2D eigenvalue weighted by molar-refractivity contribution is -0.133. The molecular formula is C37H38ClN3O6. The molecule has 3 N–H and O–H groups in total. The smallest absolute Gasteiger partial charge is 0.228 e. The summed E-state index contributed by atoms with van der Waals surface area (Å²) in [5, 5.41) is 17.6. The van der Waals surface area contributed by atoms with E-state index in [0.29, 0.717) is 70.6 Å². The van der Waals surface area contributed by atoms with E-state index < -0.39 is 6.04 Å². The number of hydrogen-bond acceptors (Lipinski definition) is 7. The Bertz CT molecular complexity index is 1770. The summed E-state index contributed by atoms with van der Waals surface area (Å²) >= 11 is 7.00. The number of halogens is 1. The molecule has 0 bridgehead atoms. The number of rotatable bonds is 9. The molecule has 0 radical (unpaired) electrons. The molecule has 0 fully saturated rings. The van der Waals surface area contributed by atoms with Crippen molar-refractivity contribution in [3.8, 4) is 5.75 Å². The molecule has 244 valence electrons. The van der Waals surface area contributed by atoms with Crippen molar-refractivity contribution in [3.63, 3.8) is 0 Å². The Labute approximate surface area is 278 Å². The van der Waals surface area contributed by atoms with Crippen LogP contribution in [0.4, 0.5) is 0 Å². The van der Waals surface area contributed by atoms with Crippen LogP contribution in [0.1, 0.15) is 75.3 Å². The minimum Gasteiger partial charge on any atom is -0.510 e. The Morgan fingerprint density at radius 2 is 1.91 bits per heavy atom. The third kappa shape index (κ3) is 7.15. The van der Waals surface area contributed by atoms with Gasteiger partial charge in [-0.1, -0.05) is 67.9 Å². The first-order valence-corrected chi connectivity index (χ1v) is 16.2. The number of nitrogens with one attached hydrogen (secondary N) is 2. The van der Waals surface area contributed by atoms with Gasteiger partial charge in [0.05, 0.1) is 24.5 Å². The van der Waals surface area contributed by atoms with E-state index in [9.17, 15) is 19.5 Å². The molecule has 10 heteroatoms. The third-order valence-electron chi connectivity index (χ3n) is 8.64. The molecule has 2 amide bonds. The molecule has 6 rings (SSSR count). The monoisotopic (exact) mass is 655 g/mol. The first-order valence-electron chi connectivity index (χ1n) is 15.8. The van der Waals surface area contributed by atoms with Crippen LogP contribution in [0.2, 0.25) is 5.02 Å². The van der Waals surface area contributed by atoms with Gasteiger partial charge in [0, 0.05) is 42.0 Å². The van der Waals surface area contributed by atoms with Crippen LogP contribution in [0.15, 0.2) is 106 Å². The predicted molar refractivity (Wildman–Crippen MR) is 177 cm³/mol. The highest BCUT2D eigenvalue weighted by molar-refractivity contribution is 6.31. The van der Waals surface area contributed by atoms with Crippen molar-refractivity contribution >= 4 is 29.2 Å². The second-order valence-electron chi connectivity index (χ2n) is 12.9. The van der Waals surface area contributed by atoms with Crippen LogP contribution in [0.3, 0.4) is 0 Å². The van der Waals surface area contributed by atoms with Crippen molar-refractivity contribution in [1.29, 1.82) is 0 Å². The Kier molecular flexibility index (Phi) is 9.27. The molecule has 3 aliphatic rings. The van der Waals surface area contributed by atoms with Gasteiger partial charge in [-0.25, -0.2) is 0 Å². The lowest BCUT2D eigenvalue weighted by Crippen LogP contribution is -2.39. The number of benzene rings is 2. The molecule has 0 saturated heterocycles. The van der Waals surface area contributed by atoms with Crippen LogP contribution in [-0.2, 0) is 27.5 Å². The summed E-state index contributed by atoms with van der Waals surface area (Å²) in [5.74, 6) is 0.447. The zero-order valence-corrected chi connectivity index (χ0v) is 27.2. The Hall–Kier alpha value is -4.76. The summed E-state index contributed by atoms with van der Waals surface area (Å²) in [6.07, 6.45) is 4.90. The highest BCUT2D eigenvalue weighted by Gasteiger charge is 2.45. The van der Waals surface area contributed by atoms with Crippen molar-refractivity contribution < 1.29 is 28.6 Å². The SMILES string of the molecule is CC1(C)CC(=O)C2=C(C1)NC1=C(O)CCC=C1N(C(=O)CCC(=O)NCc1ccco1)C2c1ccc(OCc2ccccc2)cc1Cl. The summed E-state index contributed by atoms with van der Waals surface area (Å²) in [4.78, 5) is 42.7. The van der Waals surface area contributed by atoms with Gasteiger partial charge in [0.15, 0.2) is 5.78 Å². The van der Waals surface area contributed by atoms with Crippen LogP contribution < -0.4 is 15.4 Å². The van der Waals surface area contributed by atoms with Crippen molar-refractivity contribution in [2.45, 2.75) is 71.6 Å². The molecule has 9 nitrogen and oxygen atoms in total. The molecule has 1 aromatic heterocycles. The first kappa shape index (κ1) is 32.2. The number of ether oxygens (including phenoxy) is 1. The van der Waals surface area contributed by atoms with Crippen molar-refractivity contribution in [1.82, 2.24) is 15.5 Å². The number of allylic oxidation sites excluding steroid dienone is 3. The van der Waals surface area contributed by atoms with Gasteiger partial charge < -0.3 is 24.9 Å². The fourth-order valence-corrected chi connectivity index (χ4v) is 6.69. The average Bonchev–Trinajstić information content (AvgIpc) is 3.51. The molecule has 3 aromatic rings. The Morgan fingerprint density at radius 3 is 2.66 bits per heavy atom. The van der Waals surface area contributed by atoms with Gasteiger partial charge in [-0.3, -0.25) is 19.3 Å². The highest BCUT2D eigenvalue weighted by atomic mass is 35.5. The number of Topliss-reactive ketones (excluding diaryl/α,β-unsaturated/α-hetero) is 1. The number of nitrogens with zero attached hydrogens (tertiary/aromatic N) is 1. The molecular weight excluding hydrogens is 618 g/mol.